The number of carboxylic acids is 1. The second-order valence-corrected chi connectivity index (χ2v) is 9.13. The smallest absolute Gasteiger partial charge is 0.337 e. The van der Waals surface area contributed by atoms with Crippen LogP contribution < -0.4 is 5.32 Å². The van der Waals surface area contributed by atoms with E-state index in [-0.39, 0.29) is 27.2 Å². The fourth-order valence-electron chi connectivity index (χ4n) is 3.01. The SMILES string of the molecule is C/C(O)=C(/N=Nc1ccccc1C(=O)O)C(=O)Nc1ccc2cc(SOOO)cc(S(=O)(=O)O)c2c1. The van der Waals surface area contributed by atoms with Crippen molar-refractivity contribution in [1.29, 1.82) is 0 Å². The summed E-state index contributed by atoms with van der Waals surface area (Å²) in [5.41, 5.74) is -0.674. The van der Waals surface area contributed by atoms with Crippen molar-refractivity contribution in [3.05, 3.63) is 71.6 Å². The number of hydrogen-bond acceptors (Lipinski definition) is 11. The van der Waals surface area contributed by atoms with Gasteiger partial charge in [0.1, 0.15) is 16.3 Å². The molecule has 3 aromatic rings. The molecule has 0 fully saturated rings. The summed E-state index contributed by atoms with van der Waals surface area (Å²) in [5.74, 6) is -2.71. The lowest BCUT2D eigenvalue weighted by Gasteiger charge is -2.10. The number of allylic oxidation sites excluding steroid dienone is 1. The summed E-state index contributed by atoms with van der Waals surface area (Å²) in [6.07, 6.45) is 0. The predicted molar refractivity (Wildman–Crippen MR) is 126 cm³/mol. The number of carboxylic acid groups (broad SMARTS) is 1. The molecule has 0 aliphatic heterocycles. The molecule has 0 spiro atoms. The van der Waals surface area contributed by atoms with Crippen LogP contribution in [0.25, 0.3) is 10.8 Å². The zero-order valence-electron chi connectivity index (χ0n) is 18.1. The average Bonchev–Trinajstić information content (AvgIpc) is 2.81. The molecular formula is C21H17N3O10S2. The van der Waals surface area contributed by atoms with Crippen LogP contribution in [0.5, 0.6) is 0 Å². The number of anilines is 1. The van der Waals surface area contributed by atoms with Gasteiger partial charge >= 0.3 is 5.97 Å². The van der Waals surface area contributed by atoms with E-state index in [2.05, 4.69) is 24.9 Å². The first kappa shape index (κ1) is 26.7. The van der Waals surface area contributed by atoms with Gasteiger partial charge in [0.15, 0.2) is 5.70 Å². The molecule has 0 unspecified atom stereocenters. The standard InChI is InChI=1S/C21H17N3O10S2/c1-11(25)19(24-23-17-5-3-2-4-15(17)21(27)28)20(26)22-13-7-6-12-8-14(35-34-33-29)10-18(16(12)9-13)36(30,31)32/h2-10,25,29H,1H3,(H,22,26)(H,27,28)(H,30,31,32)/b19-11-,24-23?. The van der Waals surface area contributed by atoms with Crippen LogP contribution in [-0.2, 0) is 24.3 Å². The zero-order chi connectivity index (χ0) is 26.5. The van der Waals surface area contributed by atoms with Crippen molar-refractivity contribution in [2.75, 3.05) is 5.32 Å². The molecular weight excluding hydrogens is 518 g/mol. The van der Waals surface area contributed by atoms with Crippen LogP contribution in [-0.4, -0.2) is 40.3 Å². The van der Waals surface area contributed by atoms with Gasteiger partial charge in [0, 0.05) is 16.0 Å². The second kappa shape index (κ2) is 11.3. The fourth-order valence-corrected chi connectivity index (χ4v) is 4.26. The van der Waals surface area contributed by atoms with E-state index in [0.29, 0.717) is 17.4 Å². The third-order valence-electron chi connectivity index (χ3n) is 4.54. The van der Waals surface area contributed by atoms with E-state index in [4.69, 9.17) is 5.26 Å². The van der Waals surface area contributed by atoms with Crippen LogP contribution in [0.4, 0.5) is 11.4 Å². The van der Waals surface area contributed by atoms with Crippen LogP contribution in [0.2, 0.25) is 0 Å². The molecule has 1 amide bonds. The van der Waals surface area contributed by atoms with E-state index < -0.39 is 38.3 Å². The molecule has 0 saturated heterocycles. The monoisotopic (exact) mass is 535 g/mol. The lowest BCUT2D eigenvalue weighted by molar-refractivity contribution is -0.432. The number of amides is 1. The third kappa shape index (κ3) is 6.42. The summed E-state index contributed by atoms with van der Waals surface area (Å²) in [7, 11) is -4.72. The van der Waals surface area contributed by atoms with Crippen molar-refractivity contribution < 1.29 is 47.4 Å². The first-order valence-electron chi connectivity index (χ1n) is 9.66. The van der Waals surface area contributed by atoms with Gasteiger partial charge in [-0.2, -0.15) is 8.42 Å². The summed E-state index contributed by atoms with van der Waals surface area (Å²) >= 11 is 0.483. The highest BCUT2D eigenvalue weighted by atomic mass is 32.2. The Bertz CT molecular complexity index is 1500. The molecule has 0 radical (unpaired) electrons. The van der Waals surface area contributed by atoms with Gasteiger partial charge in [-0.3, -0.25) is 9.35 Å². The van der Waals surface area contributed by atoms with Gasteiger partial charge in [-0.15, -0.1) is 14.6 Å². The van der Waals surface area contributed by atoms with Crippen molar-refractivity contribution in [1.82, 2.24) is 0 Å². The molecule has 0 atom stereocenters. The normalized spacial score (nSPS) is 12.5. The minimum atomic E-state index is -4.72. The topological polar surface area (TPSA) is 204 Å². The van der Waals surface area contributed by atoms with E-state index in [1.807, 2.05) is 0 Å². The number of carbonyl (C=O) groups excluding carboxylic acids is 1. The highest BCUT2D eigenvalue weighted by Gasteiger charge is 2.19. The van der Waals surface area contributed by atoms with Crippen LogP contribution in [0.1, 0.15) is 17.3 Å². The average molecular weight is 536 g/mol. The molecule has 5 N–H and O–H groups in total. The Hall–Kier alpha value is -3.86. The predicted octanol–water partition coefficient (Wildman–Crippen LogP) is 4.72. The first-order valence-corrected chi connectivity index (χ1v) is 11.8. The molecule has 3 rings (SSSR count). The van der Waals surface area contributed by atoms with Crippen molar-refractivity contribution in [2.45, 2.75) is 16.7 Å². The summed E-state index contributed by atoms with van der Waals surface area (Å²) in [5, 5.41) is 41.2. The van der Waals surface area contributed by atoms with Gasteiger partial charge in [0.25, 0.3) is 16.0 Å². The number of rotatable bonds is 9. The van der Waals surface area contributed by atoms with E-state index in [1.165, 1.54) is 55.5 Å². The number of aliphatic hydroxyl groups excluding tert-OH is 1. The van der Waals surface area contributed by atoms with Gasteiger partial charge in [-0.05, 0) is 48.7 Å². The lowest BCUT2D eigenvalue weighted by Crippen LogP contribution is -2.14. The van der Waals surface area contributed by atoms with Crippen molar-refractivity contribution >= 4 is 56.2 Å². The Morgan fingerprint density at radius 2 is 1.78 bits per heavy atom. The Morgan fingerprint density at radius 3 is 2.42 bits per heavy atom. The molecule has 0 saturated carbocycles. The Morgan fingerprint density at radius 1 is 1.06 bits per heavy atom. The Labute approximate surface area is 207 Å². The number of fused-ring (bicyclic) bond motifs is 1. The molecule has 0 bridgehead atoms. The minimum absolute atomic E-state index is 0.0350. The lowest BCUT2D eigenvalue weighted by atomic mass is 10.1. The van der Waals surface area contributed by atoms with Gasteiger partial charge in [0.05, 0.1) is 17.6 Å². The summed E-state index contributed by atoms with van der Waals surface area (Å²) in [6, 6.07) is 12.3. The van der Waals surface area contributed by atoms with Crippen LogP contribution >= 0.6 is 12.0 Å². The number of carbonyl (C=O) groups is 2. The number of aliphatic hydroxyl groups is 1. The van der Waals surface area contributed by atoms with E-state index >= 15 is 0 Å². The molecule has 188 valence electrons. The maximum atomic E-state index is 12.8. The summed E-state index contributed by atoms with van der Waals surface area (Å²) < 4.78 is 37.8. The summed E-state index contributed by atoms with van der Waals surface area (Å²) in [6.45, 7) is 1.17. The Kier molecular flexibility index (Phi) is 8.36. The Balaban J connectivity index is 1.95. The molecule has 0 aliphatic rings. The number of nitrogens with zero attached hydrogens (tertiary/aromatic N) is 2. The molecule has 13 nitrogen and oxygen atoms in total. The molecule has 15 heteroatoms. The maximum Gasteiger partial charge on any atom is 0.337 e. The van der Waals surface area contributed by atoms with Crippen molar-refractivity contribution in [3.63, 3.8) is 0 Å². The van der Waals surface area contributed by atoms with Crippen molar-refractivity contribution in [3.8, 4) is 0 Å². The van der Waals surface area contributed by atoms with E-state index in [9.17, 15) is 32.8 Å². The number of azo groups is 1. The first-order chi connectivity index (χ1) is 17.0. The number of aromatic carboxylic acids is 1. The molecule has 3 aromatic carbocycles. The number of nitrogens with one attached hydrogen (secondary N) is 1. The molecule has 0 aliphatic carbocycles. The van der Waals surface area contributed by atoms with Crippen LogP contribution in [0, 0.1) is 0 Å². The van der Waals surface area contributed by atoms with Crippen molar-refractivity contribution in [2.24, 2.45) is 10.2 Å². The van der Waals surface area contributed by atoms with Gasteiger partial charge in [-0.1, -0.05) is 23.2 Å². The molecule has 0 aromatic heterocycles. The molecule has 36 heavy (non-hydrogen) atoms. The van der Waals surface area contributed by atoms with Gasteiger partial charge in [0.2, 0.25) is 0 Å². The fraction of sp³-hybridized carbons (Fsp3) is 0.0476. The van der Waals surface area contributed by atoms with E-state index in [0.717, 1.165) is 6.07 Å². The largest absolute Gasteiger partial charge is 0.510 e. The van der Waals surface area contributed by atoms with Crippen LogP contribution in [0.3, 0.4) is 0 Å². The second-order valence-electron chi connectivity index (χ2n) is 6.97. The van der Waals surface area contributed by atoms with Gasteiger partial charge < -0.3 is 15.5 Å². The number of hydrogen-bond donors (Lipinski definition) is 5. The number of benzene rings is 3. The minimum Gasteiger partial charge on any atom is -0.510 e. The third-order valence-corrected chi connectivity index (χ3v) is 5.99. The summed E-state index contributed by atoms with van der Waals surface area (Å²) in [4.78, 5) is 23.7. The maximum absolute atomic E-state index is 12.8. The van der Waals surface area contributed by atoms with Crippen LogP contribution in [0.15, 0.2) is 86.1 Å². The highest BCUT2D eigenvalue weighted by Crippen LogP contribution is 2.32. The quantitative estimate of drug-likeness (QED) is 0.0482. The van der Waals surface area contributed by atoms with Gasteiger partial charge in [-0.25, -0.2) is 10.1 Å². The highest BCUT2D eigenvalue weighted by molar-refractivity contribution is 7.94. The zero-order valence-corrected chi connectivity index (χ0v) is 19.8. The van der Waals surface area contributed by atoms with E-state index in [1.54, 1.807) is 0 Å². The molecule has 0 heterocycles.